The fourth-order valence-corrected chi connectivity index (χ4v) is 5.46. The predicted molar refractivity (Wildman–Crippen MR) is 110 cm³/mol. The van der Waals surface area contributed by atoms with Gasteiger partial charge in [0.2, 0.25) is 0 Å². The average molecular weight is 409 g/mol. The summed E-state index contributed by atoms with van der Waals surface area (Å²) in [4.78, 5) is 4.88. The molecule has 0 aliphatic heterocycles. The smallest absolute Gasteiger partial charge is 0.112 e. The molecule has 4 aromatic heterocycles. The van der Waals surface area contributed by atoms with E-state index < -0.39 is 0 Å². The molecular formula is C22H19N9. The van der Waals surface area contributed by atoms with E-state index in [4.69, 9.17) is 4.98 Å². The third-order valence-electron chi connectivity index (χ3n) is 6.86. The van der Waals surface area contributed by atoms with Gasteiger partial charge in [0.15, 0.2) is 0 Å². The van der Waals surface area contributed by atoms with E-state index >= 15 is 0 Å². The van der Waals surface area contributed by atoms with Gasteiger partial charge in [0, 0.05) is 25.0 Å². The van der Waals surface area contributed by atoms with Crippen LogP contribution in [-0.2, 0) is 7.05 Å². The summed E-state index contributed by atoms with van der Waals surface area (Å²) in [5.41, 5.74) is 3.87. The van der Waals surface area contributed by atoms with E-state index in [9.17, 15) is 10.5 Å². The van der Waals surface area contributed by atoms with E-state index in [1.165, 1.54) is 0 Å². The van der Waals surface area contributed by atoms with E-state index in [0.717, 1.165) is 47.4 Å². The van der Waals surface area contributed by atoms with Crippen LogP contribution in [0.4, 0.5) is 0 Å². The van der Waals surface area contributed by atoms with Gasteiger partial charge in [-0.05, 0) is 36.8 Å². The van der Waals surface area contributed by atoms with Crippen molar-refractivity contribution in [1.82, 2.24) is 34.2 Å². The van der Waals surface area contributed by atoms with Crippen molar-refractivity contribution >= 4 is 5.52 Å². The van der Waals surface area contributed by atoms with Gasteiger partial charge < -0.3 is 0 Å². The fraction of sp³-hybridized carbons (Fsp3) is 0.364. The molecule has 3 aliphatic rings. The van der Waals surface area contributed by atoms with Crippen molar-refractivity contribution in [1.29, 1.82) is 10.5 Å². The molecule has 7 rings (SSSR count). The third kappa shape index (κ3) is 2.47. The maximum Gasteiger partial charge on any atom is 0.112 e. The number of hydrogen-bond acceptors (Lipinski definition) is 6. The molecule has 1 unspecified atom stereocenters. The first kappa shape index (κ1) is 17.8. The summed E-state index contributed by atoms with van der Waals surface area (Å²) in [5, 5.41) is 32.3. The lowest BCUT2D eigenvalue weighted by atomic mass is 9.33. The minimum atomic E-state index is -0.161. The number of aromatic nitrogens is 7. The normalized spacial score (nSPS) is 24.7. The summed E-state index contributed by atoms with van der Waals surface area (Å²) in [7, 11) is 1.87. The molecule has 0 amide bonds. The van der Waals surface area contributed by atoms with Crippen molar-refractivity contribution in [2.75, 3.05) is 0 Å². The van der Waals surface area contributed by atoms with Gasteiger partial charge in [-0.2, -0.15) is 25.8 Å². The topological polar surface area (TPSA) is 113 Å². The number of fused-ring (bicyclic) bond motifs is 1. The Morgan fingerprint density at radius 3 is 2.68 bits per heavy atom. The van der Waals surface area contributed by atoms with Gasteiger partial charge in [-0.15, -0.1) is 0 Å². The maximum absolute atomic E-state index is 9.43. The average Bonchev–Trinajstić information content (AvgIpc) is 3.45. The Balaban J connectivity index is 1.40. The molecular weight excluding hydrogens is 390 g/mol. The second kappa shape index (κ2) is 6.02. The minimum Gasteiger partial charge on any atom is -0.275 e. The van der Waals surface area contributed by atoms with Gasteiger partial charge in [0.05, 0.1) is 59.8 Å². The Bertz CT molecular complexity index is 1390. The lowest BCUT2D eigenvalue weighted by Gasteiger charge is -2.69. The van der Waals surface area contributed by atoms with Crippen molar-refractivity contribution in [3.8, 4) is 34.8 Å². The molecule has 152 valence electrons. The van der Waals surface area contributed by atoms with Crippen LogP contribution in [0.15, 0.2) is 43.1 Å². The highest BCUT2D eigenvalue weighted by atomic mass is 15.3. The van der Waals surface area contributed by atoms with Gasteiger partial charge in [-0.1, -0.05) is 0 Å². The van der Waals surface area contributed by atoms with Crippen LogP contribution in [-0.4, -0.2) is 34.2 Å². The Morgan fingerprint density at radius 1 is 1.13 bits per heavy atom. The summed E-state index contributed by atoms with van der Waals surface area (Å²) in [6, 6.07) is 8.58. The van der Waals surface area contributed by atoms with Gasteiger partial charge >= 0.3 is 0 Å². The van der Waals surface area contributed by atoms with E-state index in [1.54, 1.807) is 21.6 Å². The fourth-order valence-electron chi connectivity index (χ4n) is 5.46. The molecule has 4 aromatic rings. The first-order valence-corrected chi connectivity index (χ1v) is 10.2. The SMILES string of the molecule is Cn1ccc(-c2cn3nccc3c(-c3cnn(C(CC#N)C45CC(C#N)(C4)C5)c3)n2)n1. The second-order valence-corrected chi connectivity index (χ2v) is 8.88. The van der Waals surface area contributed by atoms with Crippen molar-refractivity contribution in [2.45, 2.75) is 31.7 Å². The number of aryl methyl sites for hydroxylation is 1. The largest absolute Gasteiger partial charge is 0.275 e. The minimum absolute atomic E-state index is 0.0178. The quantitative estimate of drug-likeness (QED) is 0.500. The number of rotatable bonds is 5. The summed E-state index contributed by atoms with van der Waals surface area (Å²) in [6.07, 6.45) is 12.2. The van der Waals surface area contributed by atoms with Crippen LogP contribution in [0.5, 0.6) is 0 Å². The molecule has 0 N–H and O–H groups in total. The Kier molecular flexibility index (Phi) is 3.46. The third-order valence-corrected chi connectivity index (χ3v) is 6.86. The molecule has 0 spiro atoms. The van der Waals surface area contributed by atoms with Crippen LogP contribution in [0.2, 0.25) is 0 Å². The molecule has 31 heavy (non-hydrogen) atoms. The zero-order valence-corrected chi connectivity index (χ0v) is 17.0. The zero-order valence-electron chi connectivity index (χ0n) is 17.0. The molecule has 0 radical (unpaired) electrons. The highest BCUT2D eigenvalue weighted by molar-refractivity contribution is 5.77. The van der Waals surface area contributed by atoms with Crippen LogP contribution in [0.1, 0.15) is 31.7 Å². The van der Waals surface area contributed by atoms with E-state index in [0.29, 0.717) is 6.42 Å². The van der Waals surface area contributed by atoms with Crippen LogP contribution in [0.3, 0.4) is 0 Å². The lowest BCUT2D eigenvalue weighted by molar-refractivity contribution is -0.195. The summed E-state index contributed by atoms with van der Waals surface area (Å²) >= 11 is 0. The summed E-state index contributed by atoms with van der Waals surface area (Å²) in [5.74, 6) is 0. The summed E-state index contributed by atoms with van der Waals surface area (Å²) in [6.45, 7) is 0. The molecule has 2 bridgehead atoms. The van der Waals surface area contributed by atoms with E-state index in [2.05, 4.69) is 27.4 Å². The predicted octanol–water partition coefficient (Wildman–Crippen LogP) is 3.14. The first-order chi connectivity index (χ1) is 15.0. The highest BCUT2D eigenvalue weighted by Crippen LogP contribution is 2.77. The van der Waals surface area contributed by atoms with Crippen molar-refractivity contribution in [3.63, 3.8) is 0 Å². The molecule has 0 saturated heterocycles. The van der Waals surface area contributed by atoms with Crippen LogP contribution in [0, 0.1) is 33.5 Å². The zero-order chi connectivity index (χ0) is 21.2. The van der Waals surface area contributed by atoms with Crippen LogP contribution in [0.25, 0.3) is 28.2 Å². The Labute approximate surface area is 178 Å². The molecule has 4 heterocycles. The second-order valence-electron chi connectivity index (χ2n) is 8.88. The molecule has 9 heteroatoms. The van der Waals surface area contributed by atoms with E-state index in [-0.39, 0.29) is 16.9 Å². The van der Waals surface area contributed by atoms with Gasteiger partial charge in [0.25, 0.3) is 0 Å². The molecule has 3 fully saturated rings. The number of nitrogens with zero attached hydrogens (tertiary/aromatic N) is 9. The Morgan fingerprint density at radius 2 is 1.97 bits per heavy atom. The molecule has 3 saturated carbocycles. The first-order valence-electron chi connectivity index (χ1n) is 10.2. The Hall–Kier alpha value is -3.98. The monoisotopic (exact) mass is 409 g/mol. The van der Waals surface area contributed by atoms with Crippen molar-refractivity contribution in [3.05, 3.63) is 43.1 Å². The standard InChI is InChI=1S/C22H19N9/c1-29-7-4-16(28-29)17-10-30-18(3-6-25-30)20(27-17)15-8-26-31(9-15)19(2-5-23)22-11-21(12-22,13-22)14-24/h3-4,6-10,19H,2,11-13H2,1H3. The lowest BCUT2D eigenvalue weighted by Crippen LogP contribution is -2.64. The summed E-state index contributed by atoms with van der Waals surface area (Å²) < 4.78 is 5.45. The van der Waals surface area contributed by atoms with Crippen molar-refractivity contribution < 1.29 is 0 Å². The molecule has 0 aromatic carbocycles. The molecule has 9 nitrogen and oxygen atoms in total. The molecule has 1 atom stereocenters. The van der Waals surface area contributed by atoms with Gasteiger partial charge in [0.1, 0.15) is 11.4 Å². The van der Waals surface area contributed by atoms with Crippen LogP contribution < -0.4 is 0 Å². The van der Waals surface area contributed by atoms with Crippen molar-refractivity contribution in [2.24, 2.45) is 17.9 Å². The van der Waals surface area contributed by atoms with E-state index in [1.807, 2.05) is 42.5 Å². The molecule has 3 aliphatic carbocycles. The number of nitriles is 2. The maximum atomic E-state index is 9.43. The van der Waals surface area contributed by atoms with Crippen LogP contribution >= 0.6 is 0 Å². The number of hydrogen-bond donors (Lipinski definition) is 0. The van der Waals surface area contributed by atoms with Gasteiger partial charge in [-0.25, -0.2) is 9.50 Å². The highest BCUT2D eigenvalue weighted by Gasteiger charge is 2.71. The van der Waals surface area contributed by atoms with Gasteiger partial charge in [-0.3, -0.25) is 9.36 Å².